The Balaban J connectivity index is 2.41. The first-order valence-corrected chi connectivity index (χ1v) is 4.84. The van der Waals surface area contributed by atoms with Gasteiger partial charge in [-0.15, -0.1) is 6.58 Å². The van der Waals surface area contributed by atoms with Gasteiger partial charge in [-0.1, -0.05) is 6.08 Å². The van der Waals surface area contributed by atoms with Crippen molar-refractivity contribution < 1.29 is 4.79 Å². The van der Waals surface area contributed by atoms with E-state index in [9.17, 15) is 4.79 Å². The third-order valence-electron chi connectivity index (χ3n) is 2.50. The molecule has 1 rings (SSSR count). The van der Waals surface area contributed by atoms with Crippen LogP contribution >= 0.6 is 0 Å². The van der Waals surface area contributed by atoms with Crippen LogP contribution in [0.1, 0.15) is 19.3 Å². The zero-order chi connectivity index (χ0) is 9.68. The molecule has 0 aromatic rings. The summed E-state index contributed by atoms with van der Waals surface area (Å²) in [6.45, 7) is 5.33. The summed E-state index contributed by atoms with van der Waals surface area (Å²) < 4.78 is 0. The highest BCUT2D eigenvalue weighted by atomic mass is 16.2. The normalized spacial score (nSPS) is 22.8. The number of hydrogen-bond donors (Lipinski definition) is 1. The first-order valence-electron chi connectivity index (χ1n) is 4.84. The fourth-order valence-electron chi connectivity index (χ4n) is 1.69. The number of likely N-dealkylation sites (tertiary alicyclic amines) is 1. The lowest BCUT2D eigenvalue weighted by molar-refractivity contribution is -0.131. The number of carbonyl (C=O) groups excluding carboxylic acids is 1. The molecule has 0 saturated carbocycles. The van der Waals surface area contributed by atoms with Crippen molar-refractivity contribution >= 4 is 5.91 Å². The molecule has 13 heavy (non-hydrogen) atoms. The van der Waals surface area contributed by atoms with Crippen LogP contribution < -0.4 is 5.32 Å². The number of nitrogens with one attached hydrogen (secondary N) is 1. The summed E-state index contributed by atoms with van der Waals surface area (Å²) >= 11 is 0. The standard InChI is InChI=1S/C10H18N2O/c1-3-5-10(13)12-7-4-6-9(8-12)11-2/h3,9,11H,1,4-8H2,2H3. The maximum atomic E-state index is 11.5. The van der Waals surface area contributed by atoms with E-state index < -0.39 is 0 Å². The lowest BCUT2D eigenvalue weighted by Crippen LogP contribution is -2.46. The first kappa shape index (κ1) is 10.3. The molecule has 74 valence electrons. The largest absolute Gasteiger partial charge is 0.341 e. The molecule has 0 radical (unpaired) electrons. The van der Waals surface area contributed by atoms with Crippen LogP contribution in [-0.2, 0) is 4.79 Å². The van der Waals surface area contributed by atoms with Crippen LogP contribution in [0.3, 0.4) is 0 Å². The van der Waals surface area contributed by atoms with E-state index in [-0.39, 0.29) is 5.91 Å². The summed E-state index contributed by atoms with van der Waals surface area (Å²) in [7, 11) is 1.95. The summed E-state index contributed by atoms with van der Waals surface area (Å²) in [4.78, 5) is 13.4. The minimum atomic E-state index is 0.204. The molecule has 3 nitrogen and oxygen atoms in total. The van der Waals surface area contributed by atoms with E-state index in [1.807, 2.05) is 11.9 Å². The van der Waals surface area contributed by atoms with Crippen molar-refractivity contribution in [3.63, 3.8) is 0 Å². The Kier molecular flexibility index (Phi) is 3.96. The monoisotopic (exact) mass is 182 g/mol. The topological polar surface area (TPSA) is 32.3 Å². The van der Waals surface area contributed by atoms with Gasteiger partial charge in [-0.2, -0.15) is 0 Å². The molecule has 0 aromatic heterocycles. The molecular weight excluding hydrogens is 164 g/mol. The van der Waals surface area contributed by atoms with E-state index in [2.05, 4.69) is 11.9 Å². The van der Waals surface area contributed by atoms with Crippen molar-refractivity contribution in [3.05, 3.63) is 12.7 Å². The average Bonchev–Trinajstić information content (AvgIpc) is 2.18. The minimum absolute atomic E-state index is 0.204. The molecule has 0 aromatic carbocycles. The molecule has 1 saturated heterocycles. The molecule has 1 heterocycles. The van der Waals surface area contributed by atoms with Crippen LogP contribution in [0.5, 0.6) is 0 Å². The second-order valence-electron chi connectivity index (χ2n) is 3.46. The van der Waals surface area contributed by atoms with Crippen LogP contribution in [0.4, 0.5) is 0 Å². The number of carbonyl (C=O) groups is 1. The summed E-state index contributed by atoms with van der Waals surface area (Å²) in [5.74, 6) is 0.204. The van der Waals surface area contributed by atoms with Gasteiger partial charge in [0.25, 0.3) is 0 Å². The zero-order valence-electron chi connectivity index (χ0n) is 8.25. The van der Waals surface area contributed by atoms with Gasteiger partial charge in [0.05, 0.1) is 0 Å². The Morgan fingerprint density at radius 3 is 3.15 bits per heavy atom. The predicted octanol–water partition coefficient (Wildman–Crippen LogP) is 0.773. The second kappa shape index (κ2) is 5.02. The summed E-state index contributed by atoms with van der Waals surface area (Å²) in [5, 5.41) is 3.21. The molecule has 1 fully saturated rings. The third kappa shape index (κ3) is 2.84. The highest BCUT2D eigenvalue weighted by molar-refractivity contribution is 5.77. The zero-order valence-corrected chi connectivity index (χ0v) is 8.25. The van der Waals surface area contributed by atoms with Gasteiger partial charge in [-0.3, -0.25) is 4.79 Å². The lowest BCUT2D eigenvalue weighted by atomic mass is 10.1. The van der Waals surface area contributed by atoms with Crippen molar-refractivity contribution in [2.24, 2.45) is 0 Å². The SMILES string of the molecule is C=CCC(=O)N1CCCC(NC)C1. The van der Waals surface area contributed by atoms with E-state index in [0.29, 0.717) is 12.5 Å². The maximum absolute atomic E-state index is 11.5. The molecule has 1 amide bonds. The fourth-order valence-corrected chi connectivity index (χ4v) is 1.69. The highest BCUT2D eigenvalue weighted by Crippen LogP contribution is 2.10. The number of likely N-dealkylation sites (N-methyl/N-ethyl adjacent to an activating group) is 1. The predicted molar refractivity (Wildman–Crippen MR) is 53.5 cm³/mol. The number of piperidine rings is 1. The molecule has 0 aliphatic carbocycles. The Labute approximate surface area is 79.8 Å². The molecule has 1 aliphatic rings. The van der Waals surface area contributed by atoms with Crippen LogP contribution in [-0.4, -0.2) is 37.0 Å². The molecule has 3 heteroatoms. The van der Waals surface area contributed by atoms with Crippen molar-refractivity contribution in [3.8, 4) is 0 Å². The van der Waals surface area contributed by atoms with Gasteiger partial charge in [-0.05, 0) is 19.9 Å². The van der Waals surface area contributed by atoms with E-state index in [4.69, 9.17) is 0 Å². The van der Waals surface area contributed by atoms with Gasteiger partial charge in [0.1, 0.15) is 0 Å². The van der Waals surface area contributed by atoms with Crippen molar-refractivity contribution in [2.45, 2.75) is 25.3 Å². The molecule has 0 spiro atoms. The Morgan fingerprint density at radius 2 is 2.54 bits per heavy atom. The van der Waals surface area contributed by atoms with Crippen molar-refractivity contribution in [1.82, 2.24) is 10.2 Å². The van der Waals surface area contributed by atoms with E-state index in [1.165, 1.54) is 6.42 Å². The Hall–Kier alpha value is -0.830. The third-order valence-corrected chi connectivity index (χ3v) is 2.50. The van der Waals surface area contributed by atoms with Gasteiger partial charge in [0, 0.05) is 25.6 Å². The van der Waals surface area contributed by atoms with Gasteiger partial charge in [0.15, 0.2) is 0 Å². The first-order chi connectivity index (χ1) is 6.27. The summed E-state index contributed by atoms with van der Waals surface area (Å²) in [5.41, 5.74) is 0. The second-order valence-corrected chi connectivity index (χ2v) is 3.46. The molecule has 1 N–H and O–H groups in total. The molecule has 1 atom stereocenters. The lowest BCUT2D eigenvalue weighted by Gasteiger charge is -2.32. The smallest absolute Gasteiger partial charge is 0.226 e. The van der Waals surface area contributed by atoms with Crippen molar-refractivity contribution in [2.75, 3.05) is 20.1 Å². The van der Waals surface area contributed by atoms with Gasteiger partial charge < -0.3 is 10.2 Å². The van der Waals surface area contributed by atoms with E-state index >= 15 is 0 Å². The van der Waals surface area contributed by atoms with Crippen LogP contribution in [0.15, 0.2) is 12.7 Å². The maximum Gasteiger partial charge on any atom is 0.226 e. The number of amides is 1. The van der Waals surface area contributed by atoms with Crippen LogP contribution in [0, 0.1) is 0 Å². The molecule has 1 aliphatic heterocycles. The quantitative estimate of drug-likeness (QED) is 0.654. The summed E-state index contributed by atoms with van der Waals surface area (Å²) in [6, 6.07) is 0.475. The van der Waals surface area contributed by atoms with E-state index in [0.717, 1.165) is 19.5 Å². The Morgan fingerprint density at radius 1 is 1.77 bits per heavy atom. The Bertz CT molecular complexity index is 191. The number of hydrogen-bond acceptors (Lipinski definition) is 2. The van der Waals surface area contributed by atoms with Gasteiger partial charge in [-0.25, -0.2) is 0 Å². The summed E-state index contributed by atoms with van der Waals surface area (Å²) in [6.07, 6.45) is 4.42. The molecule has 0 bridgehead atoms. The number of rotatable bonds is 3. The minimum Gasteiger partial charge on any atom is -0.341 e. The van der Waals surface area contributed by atoms with Crippen LogP contribution in [0.2, 0.25) is 0 Å². The molecular formula is C10H18N2O. The van der Waals surface area contributed by atoms with Crippen LogP contribution in [0.25, 0.3) is 0 Å². The van der Waals surface area contributed by atoms with Gasteiger partial charge >= 0.3 is 0 Å². The van der Waals surface area contributed by atoms with Gasteiger partial charge in [0.2, 0.25) is 5.91 Å². The average molecular weight is 182 g/mol. The fraction of sp³-hybridized carbons (Fsp3) is 0.700. The highest BCUT2D eigenvalue weighted by Gasteiger charge is 2.21. The molecule has 1 unspecified atom stereocenters. The van der Waals surface area contributed by atoms with E-state index in [1.54, 1.807) is 6.08 Å². The number of nitrogens with zero attached hydrogens (tertiary/aromatic N) is 1. The van der Waals surface area contributed by atoms with Crippen molar-refractivity contribution in [1.29, 1.82) is 0 Å².